The molecule has 1 unspecified atom stereocenters. The van der Waals surface area contributed by atoms with Gasteiger partial charge in [-0.2, -0.15) is 0 Å². The second kappa shape index (κ2) is 11.8. The number of aromatic nitrogens is 4. The van der Waals surface area contributed by atoms with E-state index in [1.807, 2.05) is 35.6 Å². The molecule has 6 aromatic carbocycles. The molecule has 0 bridgehead atoms. The molecule has 3 aromatic heterocycles. The van der Waals surface area contributed by atoms with Crippen LogP contribution in [-0.4, -0.2) is 19.5 Å². The SMILES string of the molecule is C1=CC(n2c3ccccc3c3ccccc32)Cc2c1sc1ccc(-c3nc(-c4ccccc4)nc(-c4cccc(-c5ccccc5)c4)n3)cc21. The highest BCUT2D eigenvalue weighted by atomic mass is 32.1. The number of rotatable bonds is 5. The number of hydrogen-bond donors (Lipinski definition) is 0. The Hall–Kier alpha value is -6.17. The van der Waals surface area contributed by atoms with Gasteiger partial charge in [-0.25, -0.2) is 15.0 Å². The Labute approximate surface area is 293 Å². The number of nitrogens with zero attached hydrogens (tertiary/aromatic N) is 4. The van der Waals surface area contributed by atoms with Crippen LogP contribution >= 0.6 is 11.3 Å². The molecule has 0 radical (unpaired) electrons. The molecule has 0 fully saturated rings. The van der Waals surface area contributed by atoms with Crippen LogP contribution in [0.3, 0.4) is 0 Å². The van der Waals surface area contributed by atoms with E-state index in [0.717, 1.165) is 34.2 Å². The molecule has 0 aliphatic heterocycles. The van der Waals surface area contributed by atoms with E-state index in [0.29, 0.717) is 17.5 Å². The van der Waals surface area contributed by atoms with Gasteiger partial charge in [0.25, 0.3) is 0 Å². The van der Waals surface area contributed by atoms with Crippen LogP contribution in [0.2, 0.25) is 0 Å². The van der Waals surface area contributed by atoms with Crippen LogP contribution in [0.25, 0.3) is 83.3 Å². The molecular formula is C45H30N4S. The second-order valence-electron chi connectivity index (χ2n) is 12.8. The number of fused-ring (bicyclic) bond motifs is 6. The number of benzene rings is 6. The quantitative estimate of drug-likeness (QED) is 0.185. The normalized spacial score (nSPS) is 14.0. The minimum absolute atomic E-state index is 0.208. The maximum absolute atomic E-state index is 5.12. The first-order valence-corrected chi connectivity index (χ1v) is 17.8. The molecule has 9 aromatic rings. The predicted octanol–water partition coefficient (Wildman–Crippen LogP) is 11.7. The van der Waals surface area contributed by atoms with Crippen molar-refractivity contribution >= 4 is 49.3 Å². The smallest absolute Gasteiger partial charge is 0.164 e. The summed E-state index contributed by atoms with van der Waals surface area (Å²) in [5.41, 5.74) is 9.13. The van der Waals surface area contributed by atoms with Gasteiger partial charge in [0.1, 0.15) is 0 Å². The molecule has 0 saturated carbocycles. The van der Waals surface area contributed by atoms with E-state index in [1.54, 1.807) is 0 Å². The zero-order chi connectivity index (χ0) is 33.0. The Morgan fingerprint density at radius 2 is 1.04 bits per heavy atom. The molecule has 10 rings (SSSR count). The molecule has 236 valence electrons. The summed E-state index contributed by atoms with van der Waals surface area (Å²) in [5, 5.41) is 3.87. The van der Waals surface area contributed by atoms with Gasteiger partial charge < -0.3 is 4.57 Å². The zero-order valence-corrected chi connectivity index (χ0v) is 27.9. The first-order valence-electron chi connectivity index (χ1n) is 17.0. The fourth-order valence-electron chi connectivity index (χ4n) is 7.43. The second-order valence-corrected chi connectivity index (χ2v) is 13.9. The number of thiophene rings is 1. The van der Waals surface area contributed by atoms with Crippen molar-refractivity contribution in [1.82, 2.24) is 19.5 Å². The molecular weight excluding hydrogens is 629 g/mol. The van der Waals surface area contributed by atoms with Crippen molar-refractivity contribution in [2.45, 2.75) is 12.5 Å². The summed E-state index contributed by atoms with van der Waals surface area (Å²) in [4.78, 5) is 16.5. The molecule has 50 heavy (non-hydrogen) atoms. The molecule has 5 heteroatoms. The summed E-state index contributed by atoms with van der Waals surface area (Å²) in [6.07, 6.45) is 5.62. The standard InChI is InChI=1S/C45H30N4S/c1-3-12-29(13-4-1)31-16-11-17-32(26-31)44-46-43(30-14-5-2-6-15-30)47-45(48-44)33-22-24-41-37(27-33)38-28-34(23-25-42(38)50-41)49-39-20-9-7-18-35(39)36-19-8-10-21-40(36)49/h1-27,34H,28H2. The maximum Gasteiger partial charge on any atom is 0.164 e. The van der Waals surface area contributed by atoms with Gasteiger partial charge in [-0.1, -0.05) is 121 Å². The molecule has 0 N–H and O–H groups in total. The summed E-state index contributed by atoms with van der Waals surface area (Å²) in [7, 11) is 0. The van der Waals surface area contributed by atoms with Crippen molar-refractivity contribution in [2.24, 2.45) is 0 Å². The molecule has 3 heterocycles. The van der Waals surface area contributed by atoms with Crippen LogP contribution in [0.1, 0.15) is 16.5 Å². The lowest BCUT2D eigenvalue weighted by Gasteiger charge is -2.21. The van der Waals surface area contributed by atoms with Crippen molar-refractivity contribution in [2.75, 3.05) is 0 Å². The van der Waals surface area contributed by atoms with E-state index in [4.69, 9.17) is 15.0 Å². The van der Waals surface area contributed by atoms with Crippen LogP contribution in [-0.2, 0) is 6.42 Å². The molecule has 4 nitrogen and oxygen atoms in total. The van der Waals surface area contributed by atoms with Gasteiger partial charge in [0.05, 0.1) is 6.04 Å². The lowest BCUT2D eigenvalue weighted by atomic mass is 9.96. The fourth-order valence-corrected chi connectivity index (χ4v) is 8.56. The minimum atomic E-state index is 0.208. The van der Waals surface area contributed by atoms with E-state index in [9.17, 15) is 0 Å². The summed E-state index contributed by atoms with van der Waals surface area (Å²) in [6.45, 7) is 0. The predicted molar refractivity (Wildman–Crippen MR) is 208 cm³/mol. The van der Waals surface area contributed by atoms with Crippen molar-refractivity contribution < 1.29 is 0 Å². The van der Waals surface area contributed by atoms with E-state index < -0.39 is 0 Å². The van der Waals surface area contributed by atoms with E-state index in [1.165, 1.54) is 42.3 Å². The molecule has 0 saturated heterocycles. The first-order chi connectivity index (χ1) is 24.8. The Bertz CT molecular complexity index is 2690. The Balaban J connectivity index is 1.09. The highest BCUT2D eigenvalue weighted by Crippen LogP contribution is 2.42. The van der Waals surface area contributed by atoms with Gasteiger partial charge in [-0.3, -0.25) is 0 Å². The largest absolute Gasteiger partial charge is 0.333 e. The van der Waals surface area contributed by atoms with Crippen molar-refractivity contribution in [1.29, 1.82) is 0 Å². The Morgan fingerprint density at radius 1 is 0.480 bits per heavy atom. The van der Waals surface area contributed by atoms with Crippen molar-refractivity contribution in [3.8, 4) is 45.3 Å². The van der Waals surface area contributed by atoms with Crippen LogP contribution in [0, 0.1) is 0 Å². The lowest BCUT2D eigenvalue weighted by molar-refractivity contribution is 0.640. The third kappa shape index (κ3) is 4.86. The van der Waals surface area contributed by atoms with Crippen molar-refractivity contribution in [3.63, 3.8) is 0 Å². The molecule has 1 aliphatic carbocycles. The average molecular weight is 659 g/mol. The van der Waals surface area contributed by atoms with Crippen molar-refractivity contribution in [3.05, 3.63) is 168 Å². The van der Waals surface area contributed by atoms with Gasteiger partial charge in [0, 0.05) is 48.1 Å². The molecule has 0 amide bonds. The topological polar surface area (TPSA) is 43.6 Å². The van der Waals surface area contributed by atoms with Crippen LogP contribution in [0.5, 0.6) is 0 Å². The molecule has 0 spiro atoms. The maximum atomic E-state index is 5.12. The average Bonchev–Trinajstić information content (AvgIpc) is 3.73. The summed E-state index contributed by atoms with van der Waals surface area (Å²) in [5.74, 6) is 2.00. The Morgan fingerprint density at radius 3 is 1.74 bits per heavy atom. The van der Waals surface area contributed by atoms with Gasteiger partial charge >= 0.3 is 0 Å². The summed E-state index contributed by atoms with van der Waals surface area (Å²) < 4.78 is 3.80. The van der Waals surface area contributed by atoms with Crippen LogP contribution < -0.4 is 0 Å². The van der Waals surface area contributed by atoms with Crippen LogP contribution in [0.15, 0.2) is 158 Å². The monoisotopic (exact) mass is 658 g/mol. The summed E-state index contributed by atoms with van der Waals surface area (Å²) in [6, 6.07) is 53.5. The van der Waals surface area contributed by atoms with E-state index >= 15 is 0 Å². The van der Waals surface area contributed by atoms with E-state index in [-0.39, 0.29) is 6.04 Å². The Kier molecular flexibility index (Phi) is 6.78. The van der Waals surface area contributed by atoms with Gasteiger partial charge in [0.2, 0.25) is 0 Å². The first kappa shape index (κ1) is 28.8. The lowest BCUT2D eigenvalue weighted by Crippen LogP contribution is -2.12. The third-order valence-electron chi connectivity index (χ3n) is 9.81. The minimum Gasteiger partial charge on any atom is -0.333 e. The number of allylic oxidation sites excluding steroid dienone is 1. The highest BCUT2D eigenvalue weighted by molar-refractivity contribution is 7.20. The summed E-state index contributed by atoms with van der Waals surface area (Å²) >= 11 is 1.86. The third-order valence-corrected chi connectivity index (χ3v) is 11.0. The number of hydrogen-bond acceptors (Lipinski definition) is 4. The highest BCUT2D eigenvalue weighted by Gasteiger charge is 2.24. The molecule has 1 aliphatic rings. The zero-order valence-electron chi connectivity index (χ0n) is 27.1. The molecule has 1 atom stereocenters. The van der Waals surface area contributed by atoms with Gasteiger partial charge in [0.15, 0.2) is 17.5 Å². The van der Waals surface area contributed by atoms with E-state index in [2.05, 4.69) is 144 Å². The van der Waals surface area contributed by atoms with Crippen LogP contribution in [0.4, 0.5) is 0 Å². The van der Waals surface area contributed by atoms with Gasteiger partial charge in [-0.05, 0) is 71.0 Å². The van der Waals surface area contributed by atoms with Gasteiger partial charge in [-0.15, -0.1) is 11.3 Å². The number of para-hydroxylation sites is 2. The fraction of sp³-hybridized carbons (Fsp3) is 0.0444.